The highest BCUT2D eigenvalue weighted by molar-refractivity contribution is 7.13. The van der Waals surface area contributed by atoms with E-state index in [1.54, 1.807) is 0 Å². The van der Waals surface area contributed by atoms with Crippen molar-refractivity contribution in [1.82, 2.24) is 15.2 Å². The van der Waals surface area contributed by atoms with E-state index in [-0.39, 0.29) is 5.91 Å². The first-order chi connectivity index (χ1) is 11.7. The zero-order chi connectivity index (χ0) is 16.9. The average Bonchev–Trinajstić information content (AvgIpc) is 3.04. The van der Waals surface area contributed by atoms with Crippen molar-refractivity contribution in [3.63, 3.8) is 0 Å². The van der Waals surface area contributed by atoms with E-state index >= 15 is 0 Å². The Kier molecular flexibility index (Phi) is 5.87. The Morgan fingerprint density at radius 3 is 2.83 bits per heavy atom. The van der Waals surface area contributed by atoms with E-state index in [0.29, 0.717) is 17.4 Å². The van der Waals surface area contributed by atoms with Gasteiger partial charge < -0.3 is 10.2 Å². The molecule has 0 atom stereocenters. The maximum atomic E-state index is 12.5. The minimum Gasteiger partial charge on any atom is -0.342 e. The molecular weight excluding hydrogens is 342 g/mol. The molecule has 2 heterocycles. The molecule has 1 saturated heterocycles. The van der Waals surface area contributed by atoms with Gasteiger partial charge in [0, 0.05) is 24.0 Å². The second kappa shape index (κ2) is 8.10. The number of hydrogen-bond acceptors (Lipinski definition) is 4. The van der Waals surface area contributed by atoms with Gasteiger partial charge in [0.2, 0.25) is 5.91 Å². The van der Waals surface area contributed by atoms with Crippen LogP contribution in [0.3, 0.4) is 0 Å². The number of nitrogens with zero attached hydrogens (tertiary/aromatic N) is 2. The van der Waals surface area contributed by atoms with Crippen LogP contribution in [0.5, 0.6) is 0 Å². The molecule has 0 radical (unpaired) electrons. The van der Waals surface area contributed by atoms with Crippen molar-refractivity contribution in [3.8, 4) is 10.6 Å². The summed E-state index contributed by atoms with van der Waals surface area (Å²) in [4.78, 5) is 19.1. The number of hydrogen-bond donors (Lipinski definition) is 1. The van der Waals surface area contributed by atoms with Crippen molar-refractivity contribution < 1.29 is 4.79 Å². The van der Waals surface area contributed by atoms with Gasteiger partial charge in [0.25, 0.3) is 0 Å². The van der Waals surface area contributed by atoms with Crippen molar-refractivity contribution in [1.29, 1.82) is 0 Å². The van der Waals surface area contributed by atoms with Crippen LogP contribution in [0, 0.1) is 5.92 Å². The molecule has 3 rings (SSSR count). The normalized spacial score (nSPS) is 15.7. The van der Waals surface area contributed by atoms with E-state index in [0.717, 1.165) is 48.7 Å². The van der Waals surface area contributed by atoms with Crippen molar-refractivity contribution in [2.45, 2.75) is 19.3 Å². The molecule has 0 spiro atoms. The third-order valence-electron chi connectivity index (χ3n) is 4.45. The molecular formula is C18H22ClN3OS. The zero-order valence-corrected chi connectivity index (χ0v) is 15.4. The molecule has 1 aliphatic heterocycles. The minimum absolute atomic E-state index is 0.175. The number of thiazole rings is 1. The van der Waals surface area contributed by atoms with E-state index in [4.69, 9.17) is 11.6 Å². The van der Waals surface area contributed by atoms with Crippen LogP contribution in [0.4, 0.5) is 0 Å². The molecule has 2 aromatic rings. The summed E-state index contributed by atoms with van der Waals surface area (Å²) in [5.41, 5.74) is 1.76. The molecule has 1 aliphatic rings. The van der Waals surface area contributed by atoms with E-state index in [9.17, 15) is 4.79 Å². The highest BCUT2D eigenvalue weighted by Crippen LogP contribution is 2.30. The number of carbonyl (C=O) groups is 1. The fraction of sp³-hybridized carbons (Fsp3) is 0.444. The van der Waals surface area contributed by atoms with Crippen LogP contribution in [0.25, 0.3) is 10.6 Å². The Bertz CT molecular complexity index is 695. The molecule has 0 aliphatic carbocycles. The maximum Gasteiger partial charge on any atom is 0.228 e. The molecule has 6 heteroatoms. The van der Waals surface area contributed by atoms with Gasteiger partial charge in [0.1, 0.15) is 5.01 Å². The summed E-state index contributed by atoms with van der Waals surface area (Å²) >= 11 is 7.76. The van der Waals surface area contributed by atoms with Crippen LogP contribution >= 0.6 is 22.9 Å². The molecule has 1 N–H and O–H groups in total. The fourth-order valence-corrected chi connectivity index (χ4v) is 4.23. The van der Waals surface area contributed by atoms with Gasteiger partial charge in [-0.05, 0) is 38.4 Å². The number of carbonyl (C=O) groups excluding carboxylic acids is 1. The number of likely N-dealkylation sites (tertiary alicyclic amines) is 1. The molecule has 1 aromatic carbocycles. The van der Waals surface area contributed by atoms with Crippen LogP contribution in [0.1, 0.15) is 18.5 Å². The van der Waals surface area contributed by atoms with E-state index in [2.05, 4.69) is 10.3 Å². The van der Waals surface area contributed by atoms with Crippen molar-refractivity contribution in [2.75, 3.05) is 26.7 Å². The maximum absolute atomic E-state index is 12.5. The van der Waals surface area contributed by atoms with E-state index in [1.165, 1.54) is 11.3 Å². The van der Waals surface area contributed by atoms with Gasteiger partial charge >= 0.3 is 0 Å². The summed E-state index contributed by atoms with van der Waals surface area (Å²) < 4.78 is 0. The highest BCUT2D eigenvalue weighted by Gasteiger charge is 2.23. The third kappa shape index (κ3) is 4.15. The molecule has 0 saturated carbocycles. The second-order valence-electron chi connectivity index (χ2n) is 6.18. The summed E-state index contributed by atoms with van der Waals surface area (Å²) in [6.07, 6.45) is 2.53. The van der Waals surface area contributed by atoms with Crippen LogP contribution in [0.2, 0.25) is 5.02 Å². The lowest BCUT2D eigenvalue weighted by Crippen LogP contribution is -2.41. The fourth-order valence-electron chi connectivity index (χ4n) is 3.09. The van der Waals surface area contributed by atoms with Gasteiger partial charge in [-0.3, -0.25) is 4.79 Å². The van der Waals surface area contributed by atoms with Gasteiger partial charge in [-0.2, -0.15) is 0 Å². The molecule has 1 amide bonds. The Morgan fingerprint density at radius 2 is 2.12 bits per heavy atom. The molecule has 128 valence electrons. The summed E-state index contributed by atoms with van der Waals surface area (Å²) in [5, 5.41) is 6.75. The molecule has 0 unspecified atom stereocenters. The van der Waals surface area contributed by atoms with Gasteiger partial charge in [0.15, 0.2) is 0 Å². The molecule has 0 bridgehead atoms. The Morgan fingerprint density at radius 1 is 1.38 bits per heavy atom. The summed E-state index contributed by atoms with van der Waals surface area (Å²) in [6, 6.07) is 7.67. The van der Waals surface area contributed by atoms with Crippen molar-refractivity contribution in [3.05, 3.63) is 40.4 Å². The second-order valence-corrected chi connectivity index (χ2v) is 7.45. The summed E-state index contributed by atoms with van der Waals surface area (Å²) in [6.45, 7) is 2.74. The average molecular weight is 364 g/mol. The lowest BCUT2D eigenvalue weighted by atomic mass is 9.96. The van der Waals surface area contributed by atoms with Crippen molar-refractivity contribution >= 4 is 28.8 Å². The quantitative estimate of drug-likeness (QED) is 0.884. The van der Waals surface area contributed by atoms with E-state index in [1.807, 2.05) is 41.6 Å². The van der Waals surface area contributed by atoms with Gasteiger partial charge in [-0.1, -0.05) is 29.8 Å². The number of amides is 1. The first-order valence-electron chi connectivity index (χ1n) is 8.29. The number of halogens is 1. The minimum atomic E-state index is 0.175. The number of nitrogens with one attached hydrogen (secondary N) is 1. The van der Waals surface area contributed by atoms with E-state index < -0.39 is 0 Å². The first-order valence-corrected chi connectivity index (χ1v) is 9.55. The standard InChI is InChI=1S/C18H22ClN3OS/c1-20-11-13-6-8-22(9-7-13)17(23)10-14-12-24-18(21-14)15-4-2-3-5-16(15)19/h2-5,12-13,20H,6-11H2,1H3. The molecule has 1 aromatic heterocycles. The lowest BCUT2D eigenvalue weighted by Gasteiger charge is -2.31. The third-order valence-corrected chi connectivity index (χ3v) is 5.70. The predicted octanol–water partition coefficient (Wildman–Crippen LogP) is 3.46. The number of aromatic nitrogens is 1. The smallest absolute Gasteiger partial charge is 0.228 e. The van der Waals surface area contributed by atoms with Gasteiger partial charge in [-0.15, -0.1) is 11.3 Å². The SMILES string of the molecule is CNCC1CCN(C(=O)Cc2csc(-c3ccccc3Cl)n2)CC1. The van der Waals surface area contributed by atoms with Crippen molar-refractivity contribution in [2.24, 2.45) is 5.92 Å². The monoisotopic (exact) mass is 363 g/mol. The highest BCUT2D eigenvalue weighted by atomic mass is 35.5. The first kappa shape index (κ1) is 17.4. The topological polar surface area (TPSA) is 45.2 Å². The predicted molar refractivity (Wildman–Crippen MR) is 99.5 cm³/mol. The van der Waals surface area contributed by atoms with Gasteiger partial charge in [0.05, 0.1) is 17.1 Å². The molecule has 1 fully saturated rings. The lowest BCUT2D eigenvalue weighted by molar-refractivity contribution is -0.131. The number of benzene rings is 1. The largest absolute Gasteiger partial charge is 0.342 e. The number of rotatable bonds is 5. The van der Waals surface area contributed by atoms with Gasteiger partial charge in [-0.25, -0.2) is 4.98 Å². The molecule has 24 heavy (non-hydrogen) atoms. The Labute approximate surface area is 151 Å². The molecule has 4 nitrogen and oxygen atoms in total. The Balaban J connectivity index is 1.59. The Hall–Kier alpha value is -1.43. The number of piperidine rings is 1. The van der Waals surface area contributed by atoms with Crippen LogP contribution in [-0.2, 0) is 11.2 Å². The summed E-state index contributed by atoms with van der Waals surface area (Å²) in [7, 11) is 1.98. The summed E-state index contributed by atoms with van der Waals surface area (Å²) in [5.74, 6) is 0.860. The van der Waals surface area contributed by atoms with Crippen LogP contribution < -0.4 is 5.32 Å². The zero-order valence-electron chi connectivity index (χ0n) is 13.8. The van der Waals surface area contributed by atoms with Crippen LogP contribution in [-0.4, -0.2) is 42.5 Å². The van der Waals surface area contributed by atoms with Crippen LogP contribution in [0.15, 0.2) is 29.6 Å².